The van der Waals surface area contributed by atoms with Gasteiger partial charge in [-0.3, -0.25) is 9.59 Å². The van der Waals surface area contributed by atoms with Crippen molar-refractivity contribution in [3.8, 4) is 11.5 Å². The van der Waals surface area contributed by atoms with Crippen LogP contribution in [0.15, 0.2) is 48.0 Å². The van der Waals surface area contributed by atoms with E-state index < -0.39 is 17.7 Å². The fourth-order valence-electron chi connectivity index (χ4n) is 4.46. The van der Waals surface area contributed by atoms with Crippen molar-refractivity contribution in [1.29, 1.82) is 0 Å². The van der Waals surface area contributed by atoms with Crippen molar-refractivity contribution in [2.75, 3.05) is 19.9 Å². The van der Waals surface area contributed by atoms with Crippen molar-refractivity contribution in [1.82, 2.24) is 4.90 Å². The summed E-state index contributed by atoms with van der Waals surface area (Å²) in [6.07, 6.45) is 1.66. The van der Waals surface area contributed by atoms with Crippen LogP contribution >= 0.6 is 0 Å². The van der Waals surface area contributed by atoms with Crippen molar-refractivity contribution in [3.63, 3.8) is 0 Å². The Hall–Kier alpha value is -3.32. The maximum Gasteiger partial charge on any atom is 0.295 e. The van der Waals surface area contributed by atoms with Crippen molar-refractivity contribution >= 4 is 17.4 Å². The zero-order chi connectivity index (χ0) is 21.5. The summed E-state index contributed by atoms with van der Waals surface area (Å²) in [6.45, 7) is 3.02. The molecule has 2 unspecified atom stereocenters. The summed E-state index contributed by atoms with van der Waals surface area (Å²) in [7, 11) is 0. The molecule has 2 saturated heterocycles. The van der Waals surface area contributed by atoms with E-state index in [9.17, 15) is 14.7 Å². The van der Waals surface area contributed by atoms with Gasteiger partial charge in [-0.05, 0) is 43.5 Å². The number of hydrogen-bond donors (Lipinski definition) is 1. The van der Waals surface area contributed by atoms with Crippen LogP contribution in [0, 0.1) is 6.92 Å². The van der Waals surface area contributed by atoms with Gasteiger partial charge < -0.3 is 24.2 Å². The largest absolute Gasteiger partial charge is 0.507 e. The van der Waals surface area contributed by atoms with Gasteiger partial charge in [-0.2, -0.15) is 0 Å². The van der Waals surface area contributed by atoms with E-state index >= 15 is 0 Å². The van der Waals surface area contributed by atoms with E-state index in [0.717, 1.165) is 24.0 Å². The molecule has 2 fully saturated rings. The van der Waals surface area contributed by atoms with Gasteiger partial charge in [0, 0.05) is 18.7 Å². The first-order chi connectivity index (χ1) is 15.0. The number of aryl methyl sites for hydroxylation is 1. The molecule has 2 aromatic rings. The lowest BCUT2D eigenvalue weighted by atomic mass is 9.94. The Kier molecular flexibility index (Phi) is 4.90. The molecule has 7 heteroatoms. The molecule has 3 heterocycles. The Morgan fingerprint density at radius 2 is 1.97 bits per heavy atom. The Labute approximate surface area is 179 Å². The van der Waals surface area contributed by atoms with Gasteiger partial charge in [-0.15, -0.1) is 0 Å². The Bertz CT molecular complexity index is 1090. The van der Waals surface area contributed by atoms with E-state index in [1.807, 2.05) is 31.2 Å². The van der Waals surface area contributed by atoms with E-state index in [4.69, 9.17) is 14.2 Å². The number of likely N-dealkylation sites (tertiary alicyclic amines) is 1. The Morgan fingerprint density at radius 1 is 1.13 bits per heavy atom. The lowest BCUT2D eigenvalue weighted by Crippen LogP contribution is -2.36. The average Bonchev–Trinajstić information content (AvgIpc) is 3.50. The van der Waals surface area contributed by atoms with E-state index in [2.05, 4.69) is 0 Å². The van der Waals surface area contributed by atoms with Crippen molar-refractivity contribution < 1.29 is 28.9 Å². The van der Waals surface area contributed by atoms with Crippen LogP contribution in [0.5, 0.6) is 11.5 Å². The molecular weight excluding hydrogens is 398 g/mol. The number of carbonyl (C=O) groups excluding carboxylic acids is 2. The normalized spacial score (nSPS) is 24.2. The molecule has 0 bridgehead atoms. The zero-order valence-electron chi connectivity index (χ0n) is 17.2. The number of ketones is 1. The molecule has 3 aliphatic heterocycles. The first-order valence-electron chi connectivity index (χ1n) is 10.4. The van der Waals surface area contributed by atoms with Crippen LogP contribution in [-0.2, 0) is 14.3 Å². The molecule has 0 spiro atoms. The smallest absolute Gasteiger partial charge is 0.295 e. The average molecular weight is 421 g/mol. The molecule has 0 aliphatic carbocycles. The molecule has 2 aromatic carbocycles. The molecule has 160 valence electrons. The van der Waals surface area contributed by atoms with Gasteiger partial charge in [-0.25, -0.2) is 0 Å². The summed E-state index contributed by atoms with van der Waals surface area (Å²) >= 11 is 0. The van der Waals surface area contributed by atoms with Crippen molar-refractivity contribution in [2.45, 2.75) is 31.9 Å². The van der Waals surface area contributed by atoms with E-state index in [1.54, 1.807) is 18.2 Å². The second-order valence-corrected chi connectivity index (χ2v) is 8.07. The SMILES string of the molecule is Cc1cccc(C2/C(=C(/O)c3ccc4c(c3)OCO4)C(=O)C(=O)N2CC2CCCO2)c1. The monoisotopic (exact) mass is 421 g/mol. The Balaban J connectivity index is 1.61. The van der Waals surface area contributed by atoms with E-state index in [1.165, 1.54) is 4.90 Å². The van der Waals surface area contributed by atoms with Crippen molar-refractivity contribution in [2.24, 2.45) is 0 Å². The van der Waals surface area contributed by atoms with Gasteiger partial charge in [0.05, 0.1) is 17.7 Å². The second-order valence-electron chi connectivity index (χ2n) is 8.07. The quantitative estimate of drug-likeness (QED) is 0.463. The van der Waals surface area contributed by atoms with Crippen LogP contribution in [0.3, 0.4) is 0 Å². The number of aliphatic hydroxyl groups is 1. The first-order valence-corrected chi connectivity index (χ1v) is 10.4. The highest BCUT2D eigenvalue weighted by atomic mass is 16.7. The molecule has 5 rings (SSSR count). The number of benzene rings is 2. The summed E-state index contributed by atoms with van der Waals surface area (Å²) in [4.78, 5) is 27.7. The third-order valence-corrected chi connectivity index (χ3v) is 5.97. The van der Waals surface area contributed by atoms with Crippen LogP contribution in [0.4, 0.5) is 0 Å². The fourth-order valence-corrected chi connectivity index (χ4v) is 4.46. The number of rotatable bonds is 4. The van der Waals surface area contributed by atoms with Crippen LogP contribution in [0.1, 0.15) is 35.6 Å². The molecule has 0 aromatic heterocycles. The predicted molar refractivity (Wildman–Crippen MR) is 112 cm³/mol. The molecule has 1 N–H and O–H groups in total. The summed E-state index contributed by atoms with van der Waals surface area (Å²) in [6, 6.07) is 11.9. The topological polar surface area (TPSA) is 85.3 Å². The van der Waals surface area contributed by atoms with Gasteiger partial charge in [0.2, 0.25) is 6.79 Å². The summed E-state index contributed by atoms with van der Waals surface area (Å²) in [5.74, 6) is -0.475. The van der Waals surface area contributed by atoms with Crippen molar-refractivity contribution in [3.05, 3.63) is 64.7 Å². The molecule has 2 atom stereocenters. The molecular formula is C24H23NO6. The van der Waals surface area contributed by atoms with E-state index in [-0.39, 0.29) is 24.2 Å². The molecule has 0 saturated carbocycles. The maximum absolute atomic E-state index is 13.1. The number of Topliss-reactive ketones (excluding diaryl/α,β-unsaturated/α-hetero) is 1. The van der Waals surface area contributed by atoms with Crippen LogP contribution < -0.4 is 9.47 Å². The lowest BCUT2D eigenvalue weighted by molar-refractivity contribution is -0.140. The van der Waals surface area contributed by atoms with Crippen LogP contribution in [0.2, 0.25) is 0 Å². The highest BCUT2D eigenvalue weighted by molar-refractivity contribution is 6.46. The fraction of sp³-hybridized carbons (Fsp3) is 0.333. The molecule has 7 nitrogen and oxygen atoms in total. The number of nitrogens with zero attached hydrogens (tertiary/aromatic N) is 1. The highest BCUT2D eigenvalue weighted by Gasteiger charge is 2.47. The minimum absolute atomic E-state index is 0.0764. The third kappa shape index (κ3) is 3.45. The van der Waals surface area contributed by atoms with Crippen LogP contribution in [-0.4, -0.2) is 47.7 Å². The van der Waals surface area contributed by atoms with Gasteiger partial charge in [0.1, 0.15) is 5.76 Å². The predicted octanol–water partition coefficient (Wildman–Crippen LogP) is 3.32. The number of fused-ring (bicyclic) bond motifs is 1. The Morgan fingerprint density at radius 3 is 2.74 bits per heavy atom. The number of ether oxygens (including phenoxy) is 3. The van der Waals surface area contributed by atoms with Gasteiger partial charge in [-0.1, -0.05) is 29.8 Å². The second kappa shape index (κ2) is 7.74. The van der Waals surface area contributed by atoms with E-state index in [0.29, 0.717) is 30.2 Å². The highest BCUT2D eigenvalue weighted by Crippen LogP contribution is 2.42. The summed E-state index contributed by atoms with van der Waals surface area (Å²) in [5.41, 5.74) is 2.26. The molecule has 31 heavy (non-hydrogen) atoms. The van der Waals surface area contributed by atoms with Gasteiger partial charge >= 0.3 is 0 Å². The van der Waals surface area contributed by atoms with Gasteiger partial charge in [0.15, 0.2) is 11.5 Å². The minimum Gasteiger partial charge on any atom is -0.507 e. The standard InChI is InChI=1S/C24H23NO6/c1-14-4-2-5-15(10-14)21-20(22(26)16-7-8-18-19(11-16)31-13-30-18)23(27)24(28)25(21)12-17-6-3-9-29-17/h2,4-5,7-8,10-11,17,21,26H,3,6,9,12-13H2,1H3/b22-20-. The minimum atomic E-state index is -0.695. The van der Waals surface area contributed by atoms with Crippen LogP contribution in [0.25, 0.3) is 5.76 Å². The molecule has 3 aliphatic rings. The zero-order valence-corrected chi connectivity index (χ0v) is 17.2. The number of aliphatic hydroxyl groups excluding tert-OH is 1. The molecule has 1 amide bonds. The third-order valence-electron chi connectivity index (χ3n) is 5.97. The number of hydrogen-bond acceptors (Lipinski definition) is 6. The maximum atomic E-state index is 13.1. The number of carbonyl (C=O) groups is 2. The summed E-state index contributed by atoms with van der Waals surface area (Å²) in [5, 5.41) is 11.2. The first kappa shape index (κ1) is 19.6. The molecule has 0 radical (unpaired) electrons. The van der Waals surface area contributed by atoms with Gasteiger partial charge in [0.25, 0.3) is 11.7 Å². The summed E-state index contributed by atoms with van der Waals surface area (Å²) < 4.78 is 16.5. The number of amides is 1. The lowest BCUT2D eigenvalue weighted by Gasteiger charge is -2.27.